The highest BCUT2D eigenvalue weighted by atomic mass is 35.5. The summed E-state index contributed by atoms with van der Waals surface area (Å²) in [6.07, 6.45) is 1.15. The van der Waals surface area contributed by atoms with E-state index in [0.29, 0.717) is 24.6 Å². The summed E-state index contributed by atoms with van der Waals surface area (Å²) in [5.41, 5.74) is 0.328. The quantitative estimate of drug-likeness (QED) is 0.448. The lowest BCUT2D eigenvalue weighted by molar-refractivity contribution is -0.139. The van der Waals surface area contributed by atoms with Crippen LogP contribution in [0.5, 0.6) is 0 Å². The Labute approximate surface area is 240 Å². The van der Waals surface area contributed by atoms with Crippen molar-refractivity contribution < 1.29 is 26.7 Å². The number of likely N-dealkylation sites (tertiary alicyclic amines) is 1. The van der Waals surface area contributed by atoms with Crippen LogP contribution in [0.4, 0.5) is 8.78 Å². The molecule has 3 fully saturated rings. The van der Waals surface area contributed by atoms with E-state index in [9.17, 15) is 22.0 Å². The standard InChI is InChI=1S/C26H38Cl2F2N4O4S/c1-19-12-21(27)13-23(28)25(19)39(36,37)34-7-5-26(29,30)14-22(34)17-38-18-24(35)33-10-8-32(9-11-33)16-20-4-3-6-31(2)15-20/h12-13,20,22H,3-11,14-18H2,1-2H3/t20?,22-/m0/s1. The predicted octanol–water partition coefficient (Wildman–Crippen LogP) is 3.59. The van der Waals surface area contributed by atoms with Gasteiger partial charge in [0.05, 0.1) is 17.7 Å². The van der Waals surface area contributed by atoms with Crippen molar-refractivity contribution >= 4 is 39.1 Å². The summed E-state index contributed by atoms with van der Waals surface area (Å²) in [5.74, 6) is -2.61. The number of amides is 1. The zero-order valence-electron chi connectivity index (χ0n) is 22.6. The van der Waals surface area contributed by atoms with Gasteiger partial charge in [-0.15, -0.1) is 0 Å². The molecule has 3 aliphatic rings. The van der Waals surface area contributed by atoms with E-state index in [1.807, 2.05) is 0 Å². The molecule has 3 saturated heterocycles. The van der Waals surface area contributed by atoms with E-state index in [0.717, 1.165) is 37.0 Å². The van der Waals surface area contributed by atoms with Gasteiger partial charge in [-0.05, 0) is 57.0 Å². The molecule has 2 atom stereocenters. The van der Waals surface area contributed by atoms with Gasteiger partial charge >= 0.3 is 0 Å². The minimum atomic E-state index is -4.21. The summed E-state index contributed by atoms with van der Waals surface area (Å²) in [5, 5.41) is 0.212. The zero-order chi connectivity index (χ0) is 28.4. The van der Waals surface area contributed by atoms with E-state index in [4.69, 9.17) is 27.9 Å². The molecule has 0 saturated carbocycles. The summed E-state index contributed by atoms with van der Waals surface area (Å²) < 4.78 is 62.3. The maximum Gasteiger partial charge on any atom is 0.251 e. The SMILES string of the molecule is Cc1cc(Cl)cc(Cl)c1S(=O)(=O)N1CCC(F)(F)C[C@H]1COCC(=O)N1CCN(CC2CCCN(C)C2)CC1. The van der Waals surface area contributed by atoms with Crippen LogP contribution in [0.3, 0.4) is 0 Å². The summed E-state index contributed by atoms with van der Waals surface area (Å²) in [6.45, 7) is 6.59. The lowest BCUT2D eigenvalue weighted by Crippen LogP contribution is -2.53. The first kappa shape index (κ1) is 30.9. The summed E-state index contributed by atoms with van der Waals surface area (Å²) in [7, 11) is -2.05. The Morgan fingerprint density at radius 2 is 1.85 bits per heavy atom. The van der Waals surface area contributed by atoms with Gasteiger partial charge in [-0.2, -0.15) is 4.31 Å². The number of hydrogen-bond donors (Lipinski definition) is 0. The molecule has 3 aliphatic heterocycles. The molecule has 1 amide bonds. The van der Waals surface area contributed by atoms with Crippen LogP contribution in [-0.2, 0) is 19.6 Å². The van der Waals surface area contributed by atoms with E-state index in [-0.39, 0.29) is 40.6 Å². The highest BCUT2D eigenvalue weighted by Gasteiger charge is 2.46. The van der Waals surface area contributed by atoms with Gasteiger partial charge in [-0.3, -0.25) is 9.69 Å². The topological polar surface area (TPSA) is 73.4 Å². The van der Waals surface area contributed by atoms with Crippen molar-refractivity contribution in [3.05, 3.63) is 27.7 Å². The van der Waals surface area contributed by atoms with Gasteiger partial charge in [0.25, 0.3) is 5.92 Å². The lowest BCUT2D eigenvalue weighted by Gasteiger charge is -2.39. The van der Waals surface area contributed by atoms with Crippen LogP contribution in [0.25, 0.3) is 0 Å². The second kappa shape index (κ2) is 12.8. The number of piperazine rings is 1. The fourth-order valence-electron chi connectivity index (χ4n) is 5.94. The number of ether oxygens (including phenoxy) is 1. The molecule has 0 aliphatic carbocycles. The van der Waals surface area contributed by atoms with E-state index in [1.54, 1.807) is 11.8 Å². The first-order chi connectivity index (χ1) is 18.4. The largest absolute Gasteiger partial charge is 0.370 e. The Morgan fingerprint density at radius 3 is 2.51 bits per heavy atom. The third kappa shape index (κ3) is 7.81. The van der Waals surface area contributed by atoms with Crippen LogP contribution in [0.15, 0.2) is 17.0 Å². The van der Waals surface area contributed by atoms with E-state index in [2.05, 4.69) is 16.8 Å². The van der Waals surface area contributed by atoms with Gasteiger partial charge in [-0.25, -0.2) is 17.2 Å². The van der Waals surface area contributed by atoms with Crippen molar-refractivity contribution in [3.63, 3.8) is 0 Å². The van der Waals surface area contributed by atoms with Gasteiger partial charge in [0.1, 0.15) is 11.5 Å². The Balaban J connectivity index is 1.32. The number of halogens is 4. The molecule has 1 aromatic carbocycles. The fourth-order valence-corrected chi connectivity index (χ4v) is 8.69. The number of alkyl halides is 2. The number of benzene rings is 1. The monoisotopic (exact) mass is 610 g/mol. The molecule has 0 radical (unpaired) electrons. The van der Waals surface area contributed by atoms with Gasteiger partial charge in [-0.1, -0.05) is 23.2 Å². The number of piperidine rings is 2. The lowest BCUT2D eigenvalue weighted by atomic mass is 9.97. The first-order valence-corrected chi connectivity index (χ1v) is 15.7. The van der Waals surface area contributed by atoms with Gasteiger partial charge in [0.15, 0.2) is 0 Å². The molecule has 8 nitrogen and oxygen atoms in total. The van der Waals surface area contributed by atoms with Crippen molar-refractivity contribution in [1.29, 1.82) is 0 Å². The highest BCUT2D eigenvalue weighted by Crippen LogP contribution is 2.38. The molecular weight excluding hydrogens is 573 g/mol. The van der Waals surface area contributed by atoms with Crippen LogP contribution < -0.4 is 0 Å². The molecule has 13 heteroatoms. The number of sulfonamides is 1. The van der Waals surface area contributed by atoms with Crippen molar-refractivity contribution in [2.45, 2.75) is 49.5 Å². The summed E-state index contributed by atoms with van der Waals surface area (Å²) >= 11 is 12.2. The molecule has 0 spiro atoms. The van der Waals surface area contributed by atoms with Crippen LogP contribution in [-0.4, -0.2) is 118 Å². The second-order valence-corrected chi connectivity index (χ2v) is 13.8. The number of carbonyl (C=O) groups is 1. The van der Waals surface area contributed by atoms with Gasteiger partial charge in [0, 0.05) is 63.7 Å². The van der Waals surface area contributed by atoms with E-state index < -0.39 is 34.8 Å². The molecule has 0 N–H and O–H groups in total. The number of rotatable bonds is 8. The average molecular weight is 612 g/mol. The number of carbonyl (C=O) groups excluding carboxylic acids is 1. The normalized spacial score (nSPS) is 25.6. The Kier molecular flexibility index (Phi) is 10.2. The van der Waals surface area contributed by atoms with E-state index in [1.165, 1.54) is 25.0 Å². The zero-order valence-corrected chi connectivity index (χ0v) is 24.9. The third-order valence-corrected chi connectivity index (χ3v) is 10.7. The fraction of sp³-hybridized carbons (Fsp3) is 0.731. The Bertz CT molecular complexity index is 1110. The van der Waals surface area contributed by atoms with Crippen LogP contribution in [0.1, 0.15) is 31.2 Å². The second-order valence-electron chi connectivity index (χ2n) is 11.1. The average Bonchev–Trinajstić information content (AvgIpc) is 2.83. The summed E-state index contributed by atoms with van der Waals surface area (Å²) in [4.78, 5) is 19.1. The van der Waals surface area contributed by atoms with Gasteiger partial charge < -0.3 is 14.5 Å². The first-order valence-electron chi connectivity index (χ1n) is 13.5. The van der Waals surface area contributed by atoms with Crippen molar-refractivity contribution in [1.82, 2.24) is 19.0 Å². The minimum absolute atomic E-state index is 0.0678. The molecule has 0 bridgehead atoms. The summed E-state index contributed by atoms with van der Waals surface area (Å²) in [6, 6.07) is 1.65. The van der Waals surface area contributed by atoms with Crippen molar-refractivity contribution in [3.8, 4) is 0 Å². The Morgan fingerprint density at radius 1 is 1.13 bits per heavy atom. The van der Waals surface area contributed by atoms with E-state index >= 15 is 0 Å². The number of hydrogen-bond acceptors (Lipinski definition) is 6. The van der Waals surface area contributed by atoms with Crippen molar-refractivity contribution in [2.24, 2.45) is 5.92 Å². The molecule has 4 rings (SSSR count). The third-order valence-electron chi connectivity index (χ3n) is 7.90. The minimum Gasteiger partial charge on any atom is -0.370 e. The Hall–Kier alpha value is -1.08. The number of aryl methyl sites for hydroxylation is 1. The van der Waals surface area contributed by atoms with Crippen LogP contribution >= 0.6 is 23.2 Å². The molecule has 1 aromatic rings. The molecule has 0 aromatic heterocycles. The maximum atomic E-state index is 14.3. The number of nitrogens with zero attached hydrogens (tertiary/aromatic N) is 4. The van der Waals surface area contributed by atoms with Gasteiger partial charge in [0.2, 0.25) is 15.9 Å². The molecule has 1 unspecified atom stereocenters. The molecule has 39 heavy (non-hydrogen) atoms. The molecular formula is C26H38Cl2F2N4O4S. The van der Waals surface area contributed by atoms with Crippen LogP contribution in [0, 0.1) is 12.8 Å². The highest BCUT2D eigenvalue weighted by molar-refractivity contribution is 7.89. The van der Waals surface area contributed by atoms with Crippen molar-refractivity contribution in [2.75, 3.05) is 72.6 Å². The maximum absolute atomic E-state index is 14.3. The predicted molar refractivity (Wildman–Crippen MR) is 147 cm³/mol. The molecule has 3 heterocycles. The molecule has 220 valence electrons. The smallest absolute Gasteiger partial charge is 0.251 e. The van der Waals surface area contributed by atoms with Crippen LogP contribution in [0.2, 0.25) is 10.0 Å².